The lowest BCUT2D eigenvalue weighted by molar-refractivity contribution is -0.119. The summed E-state index contributed by atoms with van der Waals surface area (Å²) in [5.41, 5.74) is 2.89. The van der Waals surface area contributed by atoms with E-state index < -0.39 is 6.04 Å². The highest BCUT2D eigenvalue weighted by atomic mass is 79.9. The standard InChI is InChI=1S/C17H16BrClN4O/c1-9-15(19)10(2)23(22-9)11(3)17(24)21-14-7-6-13(18)12-5-4-8-20-16(12)14/h4-8,11H,1-3H3,(H,21,24). The Bertz CT molecular complexity index is 938. The number of nitrogens with one attached hydrogen (secondary N) is 1. The van der Waals surface area contributed by atoms with Crippen LogP contribution < -0.4 is 5.32 Å². The van der Waals surface area contributed by atoms with Crippen molar-refractivity contribution in [3.8, 4) is 0 Å². The third-order valence-electron chi connectivity index (χ3n) is 3.96. The van der Waals surface area contributed by atoms with E-state index in [4.69, 9.17) is 11.6 Å². The number of pyridine rings is 1. The van der Waals surface area contributed by atoms with Gasteiger partial charge in [0.2, 0.25) is 5.91 Å². The van der Waals surface area contributed by atoms with Crippen molar-refractivity contribution in [2.45, 2.75) is 26.8 Å². The smallest absolute Gasteiger partial charge is 0.249 e. The van der Waals surface area contributed by atoms with Crippen LogP contribution in [0.2, 0.25) is 5.02 Å². The van der Waals surface area contributed by atoms with Crippen LogP contribution in [0.25, 0.3) is 10.9 Å². The van der Waals surface area contributed by atoms with Gasteiger partial charge in [0.1, 0.15) is 6.04 Å². The Labute approximate surface area is 153 Å². The maximum Gasteiger partial charge on any atom is 0.249 e. The number of hydrogen-bond donors (Lipinski definition) is 1. The molecule has 1 atom stereocenters. The first-order valence-electron chi connectivity index (χ1n) is 7.45. The summed E-state index contributed by atoms with van der Waals surface area (Å²) in [5.74, 6) is -0.174. The highest BCUT2D eigenvalue weighted by Gasteiger charge is 2.21. The number of anilines is 1. The summed E-state index contributed by atoms with van der Waals surface area (Å²) in [4.78, 5) is 17.0. The van der Waals surface area contributed by atoms with Crippen LogP contribution in [0.4, 0.5) is 5.69 Å². The molecule has 2 aromatic heterocycles. The summed E-state index contributed by atoms with van der Waals surface area (Å²) in [6.07, 6.45) is 1.70. The molecule has 0 spiro atoms. The van der Waals surface area contributed by atoms with Crippen LogP contribution in [0.5, 0.6) is 0 Å². The average Bonchev–Trinajstić information content (AvgIpc) is 2.84. The number of aromatic nitrogens is 3. The molecular formula is C17H16BrClN4O. The Morgan fingerprint density at radius 3 is 2.75 bits per heavy atom. The Kier molecular flexibility index (Phi) is 4.60. The van der Waals surface area contributed by atoms with Crippen molar-refractivity contribution in [1.82, 2.24) is 14.8 Å². The first kappa shape index (κ1) is 16.9. The van der Waals surface area contributed by atoms with Gasteiger partial charge in [0.25, 0.3) is 0 Å². The topological polar surface area (TPSA) is 59.8 Å². The first-order valence-corrected chi connectivity index (χ1v) is 8.62. The van der Waals surface area contributed by atoms with Crippen molar-refractivity contribution < 1.29 is 4.79 Å². The molecule has 0 aliphatic carbocycles. The summed E-state index contributed by atoms with van der Waals surface area (Å²) in [7, 11) is 0. The fourth-order valence-electron chi connectivity index (χ4n) is 2.61. The predicted octanol–water partition coefficient (Wildman–Crippen LogP) is 4.66. The molecule has 3 rings (SSSR count). The molecule has 1 amide bonds. The number of halogens is 2. The number of hydrogen-bond acceptors (Lipinski definition) is 3. The Morgan fingerprint density at radius 2 is 2.08 bits per heavy atom. The molecule has 0 radical (unpaired) electrons. The lowest BCUT2D eigenvalue weighted by atomic mass is 10.2. The number of aryl methyl sites for hydroxylation is 1. The molecule has 1 N–H and O–H groups in total. The highest BCUT2D eigenvalue weighted by molar-refractivity contribution is 9.10. The van der Waals surface area contributed by atoms with Crippen molar-refractivity contribution in [1.29, 1.82) is 0 Å². The predicted molar refractivity (Wildman–Crippen MR) is 99.5 cm³/mol. The van der Waals surface area contributed by atoms with Gasteiger partial charge in [-0.1, -0.05) is 33.6 Å². The van der Waals surface area contributed by atoms with Crippen LogP contribution >= 0.6 is 27.5 Å². The van der Waals surface area contributed by atoms with E-state index in [1.165, 1.54) is 0 Å². The van der Waals surface area contributed by atoms with Gasteiger partial charge in [-0.2, -0.15) is 5.10 Å². The molecular weight excluding hydrogens is 392 g/mol. The minimum atomic E-state index is -0.487. The van der Waals surface area contributed by atoms with E-state index in [1.807, 2.05) is 38.1 Å². The van der Waals surface area contributed by atoms with Crippen LogP contribution in [0.1, 0.15) is 24.4 Å². The van der Waals surface area contributed by atoms with Gasteiger partial charge in [-0.3, -0.25) is 14.5 Å². The third kappa shape index (κ3) is 2.91. The molecule has 0 saturated carbocycles. The summed E-state index contributed by atoms with van der Waals surface area (Å²) < 4.78 is 2.57. The van der Waals surface area contributed by atoms with E-state index in [2.05, 4.69) is 31.3 Å². The zero-order chi connectivity index (χ0) is 17.4. The largest absolute Gasteiger partial charge is 0.322 e. The van der Waals surface area contributed by atoms with Gasteiger partial charge in [-0.15, -0.1) is 0 Å². The van der Waals surface area contributed by atoms with E-state index in [0.717, 1.165) is 21.1 Å². The fourth-order valence-corrected chi connectivity index (χ4v) is 3.18. The lowest BCUT2D eigenvalue weighted by Crippen LogP contribution is -2.25. The number of rotatable bonds is 3. The van der Waals surface area contributed by atoms with Gasteiger partial charge in [-0.05, 0) is 39.0 Å². The SMILES string of the molecule is Cc1nn(C(C)C(=O)Nc2ccc(Br)c3cccnc23)c(C)c1Cl. The molecule has 2 heterocycles. The van der Waals surface area contributed by atoms with Crippen molar-refractivity contribution in [3.05, 3.63) is 51.3 Å². The van der Waals surface area contributed by atoms with Gasteiger partial charge >= 0.3 is 0 Å². The maximum absolute atomic E-state index is 12.7. The molecule has 3 aromatic rings. The minimum absolute atomic E-state index is 0.174. The quantitative estimate of drug-likeness (QED) is 0.686. The summed E-state index contributed by atoms with van der Waals surface area (Å²) in [5, 5.41) is 8.82. The summed E-state index contributed by atoms with van der Waals surface area (Å²) in [6.45, 7) is 5.46. The van der Waals surface area contributed by atoms with E-state index >= 15 is 0 Å². The number of benzene rings is 1. The van der Waals surface area contributed by atoms with E-state index in [-0.39, 0.29) is 5.91 Å². The number of fused-ring (bicyclic) bond motifs is 1. The van der Waals surface area contributed by atoms with Crippen molar-refractivity contribution >= 4 is 50.0 Å². The van der Waals surface area contributed by atoms with Gasteiger partial charge in [0, 0.05) is 16.1 Å². The average molecular weight is 408 g/mol. The fraction of sp³-hybridized carbons (Fsp3) is 0.235. The second-order valence-corrected chi connectivity index (χ2v) is 6.82. The Balaban J connectivity index is 1.92. The molecule has 1 aromatic carbocycles. The van der Waals surface area contributed by atoms with Gasteiger partial charge in [0.15, 0.2) is 0 Å². The second kappa shape index (κ2) is 6.53. The number of nitrogens with zero attached hydrogens (tertiary/aromatic N) is 3. The van der Waals surface area contributed by atoms with Crippen LogP contribution in [-0.2, 0) is 4.79 Å². The van der Waals surface area contributed by atoms with Gasteiger partial charge < -0.3 is 5.32 Å². The molecule has 0 aliphatic rings. The number of carbonyl (C=O) groups excluding carboxylic acids is 1. The van der Waals surface area contributed by atoms with E-state index in [0.29, 0.717) is 16.4 Å². The third-order valence-corrected chi connectivity index (χ3v) is 5.20. The number of amides is 1. The molecule has 7 heteroatoms. The van der Waals surface area contributed by atoms with E-state index in [9.17, 15) is 4.79 Å². The Morgan fingerprint density at radius 1 is 1.33 bits per heavy atom. The lowest BCUT2D eigenvalue weighted by Gasteiger charge is -2.15. The normalized spacial score (nSPS) is 12.4. The zero-order valence-corrected chi connectivity index (χ0v) is 15.8. The monoisotopic (exact) mass is 406 g/mol. The molecule has 1 unspecified atom stereocenters. The van der Waals surface area contributed by atoms with Crippen LogP contribution in [0.15, 0.2) is 34.9 Å². The van der Waals surface area contributed by atoms with Crippen LogP contribution in [0, 0.1) is 13.8 Å². The maximum atomic E-state index is 12.7. The van der Waals surface area contributed by atoms with Crippen LogP contribution in [-0.4, -0.2) is 20.7 Å². The molecule has 0 fully saturated rings. The molecule has 0 saturated heterocycles. The van der Waals surface area contributed by atoms with Crippen molar-refractivity contribution in [2.24, 2.45) is 0 Å². The van der Waals surface area contributed by atoms with Crippen LogP contribution in [0.3, 0.4) is 0 Å². The molecule has 24 heavy (non-hydrogen) atoms. The van der Waals surface area contributed by atoms with E-state index in [1.54, 1.807) is 17.8 Å². The van der Waals surface area contributed by atoms with Gasteiger partial charge in [0.05, 0.1) is 27.6 Å². The second-order valence-electron chi connectivity index (χ2n) is 5.59. The van der Waals surface area contributed by atoms with Crippen molar-refractivity contribution in [3.63, 3.8) is 0 Å². The molecule has 5 nitrogen and oxygen atoms in total. The highest BCUT2D eigenvalue weighted by Crippen LogP contribution is 2.29. The summed E-state index contributed by atoms with van der Waals surface area (Å²) >= 11 is 9.67. The molecule has 0 bridgehead atoms. The minimum Gasteiger partial charge on any atom is -0.322 e. The van der Waals surface area contributed by atoms with Gasteiger partial charge in [-0.25, -0.2) is 0 Å². The first-order chi connectivity index (χ1) is 11.4. The summed E-state index contributed by atoms with van der Waals surface area (Å²) in [6, 6.07) is 7.05. The molecule has 0 aliphatic heterocycles. The number of carbonyl (C=O) groups is 1. The Hall–Kier alpha value is -1.92. The zero-order valence-electron chi connectivity index (χ0n) is 13.5. The van der Waals surface area contributed by atoms with Crippen molar-refractivity contribution in [2.75, 3.05) is 5.32 Å². The molecule has 124 valence electrons.